The number of hydrogen-bond donors (Lipinski definition) is 2. The highest BCUT2D eigenvalue weighted by atomic mass is 32.2. The number of hydrogen-bond acceptors (Lipinski definition) is 5. The van der Waals surface area contributed by atoms with E-state index < -0.39 is 27.2 Å². The van der Waals surface area contributed by atoms with Gasteiger partial charge in [-0.15, -0.1) is 0 Å². The van der Waals surface area contributed by atoms with Gasteiger partial charge in [-0.2, -0.15) is 0 Å². The van der Waals surface area contributed by atoms with Crippen LogP contribution in [0.15, 0.2) is 41.3 Å². The summed E-state index contributed by atoms with van der Waals surface area (Å²) in [6.07, 6.45) is 0.746. The fourth-order valence-electron chi connectivity index (χ4n) is 3.32. The molecule has 2 aromatic rings. The number of nitrogens with one attached hydrogen (secondary N) is 2. The molecule has 3 rings (SSSR count). The number of carbonyl (C=O) groups is 2. The van der Waals surface area contributed by atoms with Gasteiger partial charge < -0.3 is 15.0 Å². The van der Waals surface area contributed by atoms with Crippen molar-refractivity contribution in [2.45, 2.75) is 39.0 Å². The first-order chi connectivity index (χ1) is 14.9. The van der Waals surface area contributed by atoms with Crippen molar-refractivity contribution in [2.75, 3.05) is 28.1 Å². The normalized spacial score (nSPS) is 15.4. The molecule has 0 radical (unpaired) electrons. The maximum Gasteiger partial charge on any atom is 0.262 e. The van der Waals surface area contributed by atoms with E-state index >= 15 is 0 Å². The lowest BCUT2D eigenvalue weighted by Crippen LogP contribution is -2.42. The molecule has 1 aliphatic rings. The van der Waals surface area contributed by atoms with Gasteiger partial charge in [-0.25, -0.2) is 12.8 Å². The first-order valence-corrected chi connectivity index (χ1v) is 11.6. The summed E-state index contributed by atoms with van der Waals surface area (Å²) in [6, 6.07) is 7.87. The summed E-state index contributed by atoms with van der Waals surface area (Å²) in [6.45, 7) is 7.43. The average Bonchev–Trinajstić information content (AvgIpc) is 2.79. The molecule has 2 N–H and O–H groups in total. The van der Waals surface area contributed by atoms with Gasteiger partial charge in [0.15, 0.2) is 0 Å². The van der Waals surface area contributed by atoms with Crippen LogP contribution >= 0.6 is 0 Å². The smallest absolute Gasteiger partial charge is 0.262 e. The van der Waals surface area contributed by atoms with Crippen LogP contribution in [0.3, 0.4) is 0 Å². The first kappa shape index (κ1) is 23.5. The Morgan fingerprint density at radius 1 is 1.22 bits per heavy atom. The summed E-state index contributed by atoms with van der Waals surface area (Å²) in [4.78, 5) is 25.4. The van der Waals surface area contributed by atoms with E-state index in [9.17, 15) is 22.4 Å². The molecular formula is C22H26FN3O5S. The minimum atomic E-state index is -4.11. The number of fused-ring (bicyclic) bond motifs is 1. The second kappa shape index (κ2) is 8.78. The summed E-state index contributed by atoms with van der Waals surface area (Å²) >= 11 is 0. The summed E-state index contributed by atoms with van der Waals surface area (Å²) in [5, 5.41) is 2.29. The van der Waals surface area contributed by atoms with Crippen LogP contribution in [0.25, 0.3) is 0 Å². The Bertz CT molecular complexity index is 1160. The Morgan fingerprint density at radius 3 is 2.56 bits per heavy atom. The van der Waals surface area contributed by atoms with Crippen LogP contribution in [-0.2, 0) is 19.6 Å². The third-order valence-electron chi connectivity index (χ3n) is 4.92. The van der Waals surface area contributed by atoms with Crippen LogP contribution in [0.5, 0.6) is 5.75 Å². The molecule has 0 spiro atoms. The Morgan fingerprint density at radius 2 is 1.94 bits per heavy atom. The van der Waals surface area contributed by atoms with Crippen LogP contribution in [0.4, 0.5) is 21.5 Å². The van der Waals surface area contributed by atoms with Gasteiger partial charge in [0.25, 0.3) is 10.0 Å². The second-order valence-corrected chi connectivity index (χ2v) is 9.92. The van der Waals surface area contributed by atoms with Gasteiger partial charge in [-0.1, -0.05) is 6.92 Å². The van der Waals surface area contributed by atoms with Crippen LogP contribution in [0.2, 0.25) is 0 Å². The molecule has 0 saturated carbocycles. The Labute approximate surface area is 186 Å². The van der Waals surface area contributed by atoms with Crippen molar-refractivity contribution in [3.8, 4) is 5.75 Å². The maximum absolute atomic E-state index is 14.2. The van der Waals surface area contributed by atoms with Gasteiger partial charge in [0.05, 0.1) is 27.4 Å². The first-order valence-electron chi connectivity index (χ1n) is 10.1. The van der Waals surface area contributed by atoms with E-state index in [4.69, 9.17) is 4.74 Å². The highest BCUT2D eigenvalue weighted by Gasteiger charge is 2.37. The number of amides is 2. The lowest BCUT2D eigenvalue weighted by molar-refractivity contribution is -0.127. The molecule has 2 amide bonds. The molecular weight excluding hydrogens is 437 g/mol. The number of carbonyl (C=O) groups excluding carboxylic acids is 2. The molecule has 0 fully saturated rings. The highest BCUT2D eigenvalue weighted by Crippen LogP contribution is 2.38. The van der Waals surface area contributed by atoms with Crippen LogP contribution in [0, 0.1) is 11.2 Å². The number of anilines is 3. The SMILES string of the molecule is CCCN1C(=O)C(C)(C)COc2cc(NS(=O)(=O)c3ccc(NC(C)=O)c(F)c3)ccc21. The van der Waals surface area contributed by atoms with E-state index in [1.807, 2.05) is 6.92 Å². The quantitative estimate of drug-likeness (QED) is 0.679. The maximum atomic E-state index is 14.2. The van der Waals surface area contributed by atoms with E-state index in [1.54, 1.807) is 24.8 Å². The Hall–Kier alpha value is -3.14. The molecule has 0 unspecified atom stereocenters. The van der Waals surface area contributed by atoms with Crippen molar-refractivity contribution in [1.82, 2.24) is 0 Å². The molecule has 0 aromatic heterocycles. The molecule has 0 bridgehead atoms. The minimum Gasteiger partial charge on any atom is -0.490 e. The number of sulfonamides is 1. The standard InChI is InChI=1S/C22H26FN3O5S/c1-5-10-26-19-9-6-15(11-20(19)31-13-22(3,4)21(26)28)25-32(29,30)16-7-8-18(17(23)12-16)24-14(2)27/h6-9,11-12,25H,5,10,13H2,1-4H3,(H,24,27). The van der Waals surface area contributed by atoms with E-state index in [-0.39, 0.29) is 28.8 Å². The van der Waals surface area contributed by atoms with Crippen molar-refractivity contribution in [3.05, 3.63) is 42.2 Å². The molecule has 32 heavy (non-hydrogen) atoms. The molecule has 0 aliphatic carbocycles. The second-order valence-electron chi connectivity index (χ2n) is 8.24. The number of benzene rings is 2. The van der Waals surface area contributed by atoms with Gasteiger partial charge in [-0.3, -0.25) is 14.3 Å². The third-order valence-corrected chi connectivity index (χ3v) is 6.30. The summed E-state index contributed by atoms with van der Waals surface area (Å²) in [5.74, 6) is -1.03. The van der Waals surface area contributed by atoms with E-state index in [2.05, 4.69) is 10.0 Å². The highest BCUT2D eigenvalue weighted by molar-refractivity contribution is 7.92. The average molecular weight is 464 g/mol. The van der Waals surface area contributed by atoms with Crippen LogP contribution in [-0.4, -0.2) is 33.4 Å². The fourth-order valence-corrected chi connectivity index (χ4v) is 4.39. The van der Waals surface area contributed by atoms with Crippen LogP contribution < -0.4 is 19.7 Å². The Balaban J connectivity index is 1.91. The van der Waals surface area contributed by atoms with E-state index in [0.717, 1.165) is 12.5 Å². The van der Waals surface area contributed by atoms with E-state index in [1.165, 1.54) is 31.2 Å². The summed E-state index contributed by atoms with van der Waals surface area (Å²) in [5.41, 5.74) is -0.0749. The van der Waals surface area contributed by atoms with Gasteiger partial charge >= 0.3 is 0 Å². The van der Waals surface area contributed by atoms with Gasteiger partial charge in [0, 0.05) is 19.5 Å². The summed E-state index contributed by atoms with van der Waals surface area (Å²) in [7, 11) is -4.11. The molecule has 10 heteroatoms. The van der Waals surface area contributed by atoms with Crippen molar-refractivity contribution >= 4 is 38.9 Å². The number of ether oxygens (including phenoxy) is 1. The Kier molecular flexibility index (Phi) is 6.45. The molecule has 1 heterocycles. The monoisotopic (exact) mass is 463 g/mol. The van der Waals surface area contributed by atoms with Crippen molar-refractivity contribution in [1.29, 1.82) is 0 Å². The lowest BCUT2D eigenvalue weighted by Gasteiger charge is -2.27. The minimum absolute atomic E-state index is 0.0684. The van der Waals surface area contributed by atoms with Crippen molar-refractivity contribution in [3.63, 3.8) is 0 Å². The molecule has 1 aliphatic heterocycles. The summed E-state index contributed by atoms with van der Waals surface area (Å²) < 4.78 is 48.0. The van der Waals surface area contributed by atoms with Gasteiger partial charge in [0.2, 0.25) is 11.8 Å². The number of rotatable bonds is 6. The van der Waals surface area contributed by atoms with Crippen molar-refractivity contribution in [2.24, 2.45) is 5.41 Å². The predicted molar refractivity (Wildman–Crippen MR) is 120 cm³/mol. The fraction of sp³-hybridized carbons (Fsp3) is 0.364. The molecule has 8 nitrogen and oxygen atoms in total. The zero-order valence-corrected chi connectivity index (χ0v) is 19.2. The van der Waals surface area contributed by atoms with Gasteiger partial charge in [0.1, 0.15) is 18.2 Å². The number of halogens is 1. The topological polar surface area (TPSA) is 105 Å². The van der Waals surface area contributed by atoms with Crippen molar-refractivity contribution < 1.29 is 27.1 Å². The molecule has 172 valence electrons. The zero-order chi connectivity index (χ0) is 23.7. The zero-order valence-electron chi connectivity index (χ0n) is 18.4. The molecule has 0 atom stereocenters. The molecule has 2 aromatic carbocycles. The van der Waals surface area contributed by atoms with Crippen LogP contribution in [0.1, 0.15) is 34.1 Å². The lowest BCUT2D eigenvalue weighted by atomic mass is 9.93. The van der Waals surface area contributed by atoms with Gasteiger partial charge in [-0.05, 0) is 50.6 Å². The molecule has 0 saturated heterocycles. The largest absolute Gasteiger partial charge is 0.490 e. The number of nitrogens with zero attached hydrogens (tertiary/aromatic N) is 1. The van der Waals surface area contributed by atoms with E-state index in [0.29, 0.717) is 18.0 Å². The predicted octanol–water partition coefficient (Wildman–Crippen LogP) is 3.75. The third kappa shape index (κ3) is 4.85.